The van der Waals surface area contributed by atoms with Crippen molar-refractivity contribution in [3.8, 4) is 28.3 Å². The zero-order chi connectivity index (χ0) is 21.8. The number of fused-ring (bicyclic) bond motifs is 4. The molecule has 32 heavy (non-hydrogen) atoms. The number of aryl methyl sites for hydroxylation is 1. The van der Waals surface area contributed by atoms with Crippen LogP contribution in [0.1, 0.15) is 5.56 Å². The molecule has 1 fully saturated rings. The second-order valence-electron chi connectivity index (χ2n) is 8.72. The number of anilines is 1. The number of hydrogen-bond acceptors (Lipinski definition) is 5. The number of nitrogens with zero attached hydrogens (tertiary/aromatic N) is 4. The first kappa shape index (κ1) is 19.3. The van der Waals surface area contributed by atoms with Crippen molar-refractivity contribution >= 4 is 16.6 Å². The van der Waals surface area contributed by atoms with E-state index in [0.29, 0.717) is 23.9 Å². The predicted octanol–water partition coefficient (Wildman–Crippen LogP) is 4.25. The predicted molar refractivity (Wildman–Crippen MR) is 124 cm³/mol. The normalized spacial score (nSPS) is 18.3. The zero-order valence-corrected chi connectivity index (χ0v) is 18.1. The first-order valence-corrected chi connectivity index (χ1v) is 10.9. The highest BCUT2D eigenvalue weighted by Crippen LogP contribution is 2.39. The van der Waals surface area contributed by atoms with E-state index in [1.54, 1.807) is 12.3 Å². The Kier molecular flexibility index (Phi) is 4.40. The van der Waals surface area contributed by atoms with Crippen molar-refractivity contribution in [2.24, 2.45) is 0 Å². The zero-order valence-electron chi connectivity index (χ0n) is 18.1. The molecule has 0 saturated carbocycles. The van der Waals surface area contributed by atoms with Crippen LogP contribution in [0.4, 0.5) is 10.1 Å². The monoisotopic (exact) mass is 429 g/mol. The quantitative estimate of drug-likeness (QED) is 0.516. The Hall–Kier alpha value is -3.45. The lowest BCUT2D eigenvalue weighted by Crippen LogP contribution is -2.56. The van der Waals surface area contributed by atoms with E-state index in [4.69, 9.17) is 4.74 Å². The van der Waals surface area contributed by atoms with Crippen molar-refractivity contribution in [1.82, 2.24) is 20.1 Å². The van der Waals surface area contributed by atoms with Crippen LogP contribution in [0.15, 0.2) is 48.7 Å². The van der Waals surface area contributed by atoms with E-state index in [1.165, 1.54) is 6.07 Å². The van der Waals surface area contributed by atoms with Crippen LogP contribution in [-0.2, 0) is 0 Å². The molecular weight excluding hydrogens is 405 g/mol. The minimum absolute atomic E-state index is 0.272. The van der Waals surface area contributed by atoms with Crippen LogP contribution in [0.5, 0.6) is 5.75 Å². The molecule has 0 spiro atoms. The summed E-state index contributed by atoms with van der Waals surface area (Å²) >= 11 is 0. The second kappa shape index (κ2) is 7.31. The van der Waals surface area contributed by atoms with E-state index in [9.17, 15) is 4.39 Å². The smallest absolute Gasteiger partial charge is 0.143 e. The Bertz CT molecular complexity index is 1310. The van der Waals surface area contributed by atoms with Gasteiger partial charge in [-0.25, -0.2) is 4.39 Å². The van der Waals surface area contributed by atoms with Crippen LogP contribution in [0.25, 0.3) is 33.4 Å². The number of likely N-dealkylation sites (N-methyl/N-ethyl adjacent to an activating group) is 1. The number of hydrogen-bond donors (Lipinski definition) is 1. The number of pyridine rings is 1. The number of benzene rings is 2. The average Bonchev–Trinajstić information content (AvgIpc) is 3.21. The van der Waals surface area contributed by atoms with Crippen LogP contribution in [0.3, 0.4) is 0 Å². The van der Waals surface area contributed by atoms with E-state index >= 15 is 0 Å². The molecule has 4 aromatic rings. The van der Waals surface area contributed by atoms with Crippen LogP contribution >= 0.6 is 0 Å². The molecule has 0 radical (unpaired) electrons. The number of halogens is 1. The van der Waals surface area contributed by atoms with Gasteiger partial charge in [-0.1, -0.05) is 18.2 Å². The average molecular weight is 429 g/mol. The Balaban J connectivity index is 1.42. The summed E-state index contributed by atoms with van der Waals surface area (Å²) in [6.07, 6.45) is 1.72. The topological polar surface area (TPSA) is 57.3 Å². The van der Waals surface area contributed by atoms with Crippen molar-refractivity contribution in [3.63, 3.8) is 0 Å². The van der Waals surface area contributed by atoms with Crippen LogP contribution in [0.2, 0.25) is 0 Å². The molecule has 1 saturated heterocycles. The van der Waals surface area contributed by atoms with Gasteiger partial charge < -0.3 is 14.5 Å². The molecule has 0 bridgehead atoms. The van der Waals surface area contributed by atoms with Gasteiger partial charge in [0.2, 0.25) is 0 Å². The highest BCUT2D eigenvalue weighted by atomic mass is 19.1. The summed E-state index contributed by atoms with van der Waals surface area (Å²) in [5.74, 6) is 0.615. The van der Waals surface area contributed by atoms with Crippen molar-refractivity contribution in [2.75, 3.05) is 38.2 Å². The lowest BCUT2D eigenvalue weighted by Gasteiger charge is -2.44. The number of aromatic nitrogens is 3. The van der Waals surface area contributed by atoms with E-state index in [1.807, 2.05) is 19.1 Å². The van der Waals surface area contributed by atoms with Gasteiger partial charge >= 0.3 is 0 Å². The highest BCUT2D eigenvalue weighted by molar-refractivity contribution is 5.95. The number of nitrogens with one attached hydrogen (secondary N) is 1. The molecule has 0 amide bonds. The Morgan fingerprint density at radius 2 is 2.06 bits per heavy atom. The Morgan fingerprint density at radius 1 is 1.16 bits per heavy atom. The van der Waals surface area contributed by atoms with Gasteiger partial charge in [0.15, 0.2) is 0 Å². The summed E-state index contributed by atoms with van der Waals surface area (Å²) in [6, 6.07) is 13.7. The lowest BCUT2D eigenvalue weighted by molar-refractivity contribution is 0.188. The molecule has 0 aliphatic carbocycles. The fraction of sp³-hybridized carbons (Fsp3) is 0.280. The lowest BCUT2D eigenvalue weighted by atomic mass is 10.0. The number of aromatic amines is 1. The molecule has 7 heteroatoms. The third-order valence-corrected chi connectivity index (χ3v) is 6.59. The fourth-order valence-electron chi connectivity index (χ4n) is 4.90. The van der Waals surface area contributed by atoms with Crippen LogP contribution < -0.4 is 9.64 Å². The number of piperazine rings is 1. The molecule has 2 aliphatic heterocycles. The SMILES string of the molecule is Cc1cccc(F)c1-c1cc2c(-c3ccc4c(c3)OCC3CN(C)CCN43)n[nH]c2cn1. The fourth-order valence-corrected chi connectivity index (χ4v) is 4.90. The van der Waals surface area contributed by atoms with Gasteiger partial charge in [-0.15, -0.1) is 0 Å². The van der Waals surface area contributed by atoms with Gasteiger partial charge in [0.25, 0.3) is 0 Å². The van der Waals surface area contributed by atoms with Crippen LogP contribution in [0, 0.1) is 12.7 Å². The van der Waals surface area contributed by atoms with Crippen molar-refractivity contribution in [2.45, 2.75) is 13.0 Å². The van der Waals surface area contributed by atoms with Crippen LogP contribution in [-0.4, -0.2) is 59.4 Å². The van der Waals surface area contributed by atoms with E-state index in [2.05, 4.69) is 50.2 Å². The van der Waals surface area contributed by atoms with Gasteiger partial charge in [-0.2, -0.15) is 5.10 Å². The van der Waals surface area contributed by atoms with E-state index in [-0.39, 0.29) is 5.82 Å². The molecular formula is C25H24FN5O. The van der Waals surface area contributed by atoms with E-state index in [0.717, 1.165) is 58.8 Å². The number of H-pyrrole nitrogens is 1. The standard InChI is InChI=1S/C25H24FN5O/c1-15-4-3-5-19(26)24(15)20-11-18-21(12-27-20)28-29-25(18)16-6-7-22-23(10-16)32-14-17-13-30(2)8-9-31(17)22/h3-7,10-12,17H,8-9,13-14H2,1-2H3,(H,28,29). The molecule has 2 aromatic heterocycles. The molecule has 1 unspecified atom stereocenters. The summed E-state index contributed by atoms with van der Waals surface area (Å²) in [4.78, 5) is 9.28. The molecule has 1 atom stereocenters. The minimum atomic E-state index is -0.272. The third-order valence-electron chi connectivity index (χ3n) is 6.59. The van der Waals surface area contributed by atoms with Gasteiger partial charge in [0.1, 0.15) is 23.9 Å². The third kappa shape index (κ3) is 3.04. The largest absolute Gasteiger partial charge is 0.489 e. The summed E-state index contributed by atoms with van der Waals surface area (Å²) in [5.41, 5.74) is 5.71. The molecule has 6 rings (SSSR count). The molecule has 6 nitrogen and oxygen atoms in total. The van der Waals surface area contributed by atoms with Gasteiger partial charge in [0, 0.05) is 36.1 Å². The molecule has 4 heterocycles. The molecule has 2 aromatic carbocycles. The first-order chi connectivity index (χ1) is 15.6. The first-order valence-electron chi connectivity index (χ1n) is 10.9. The maximum atomic E-state index is 14.5. The maximum Gasteiger partial charge on any atom is 0.143 e. The van der Waals surface area contributed by atoms with Gasteiger partial charge in [0.05, 0.1) is 29.1 Å². The Morgan fingerprint density at radius 3 is 2.94 bits per heavy atom. The van der Waals surface area contributed by atoms with Crippen molar-refractivity contribution in [3.05, 3.63) is 60.0 Å². The van der Waals surface area contributed by atoms with Gasteiger partial charge in [-0.3, -0.25) is 10.1 Å². The number of ether oxygens (including phenoxy) is 1. The number of rotatable bonds is 2. The van der Waals surface area contributed by atoms with Gasteiger partial charge in [-0.05, 0) is 43.8 Å². The molecule has 1 N–H and O–H groups in total. The molecule has 2 aliphatic rings. The summed E-state index contributed by atoms with van der Waals surface area (Å²) in [7, 11) is 2.16. The Labute approximate surface area is 185 Å². The molecule has 162 valence electrons. The van der Waals surface area contributed by atoms with E-state index < -0.39 is 0 Å². The second-order valence-corrected chi connectivity index (χ2v) is 8.72. The summed E-state index contributed by atoms with van der Waals surface area (Å²) < 4.78 is 20.7. The van der Waals surface area contributed by atoms with Crippen molar-refractivity contribution in [1.29, 1.82) is 0 Å². The highest BCUT2D eigenvalue weighted by Gasteiger charge is 2.32. The minimum Gasteiger partial charge on any atom is -0.489 e. The van der Waals surface area contributed by atoms with Crippen molar-refractivity contribution < 1.29 is 9.13 Å². The summed E-state index contributed by atoms with van der Waals surface area (Å²) in [5, 5.41) is 8.52. The summed E-state index contributed by atoms with van der Waals surface area (Å²) in [6.45, 7) is 5.64. The maximum absolute atomic E-state index is 14.5.